The molecule has 0 spiro atoms. The second-order valence-electron chi connectivity index (χ2n) is 11.7. The van der Waals surface area contributed by atoms with Crippen LogP contribution in [0.3, 0.4) is 0 Å². The van der Waals surface area contributed by atoms with Crippen molar-refractivity contribution in [2.75, 3.05) is 13.2 Å². The van der Waals surface area contributed by atoms with Crippen LogP contribution in [-0.2, 0) is 4.74 Å². The Morgan fingerprint density at radius 3 is 1.22 bits per heavy atom. The summed E-state index contributed by atoms with van der Waals surface area (Å²) in [4.78, 5) is 0. The van der Waals surface area contributed by atoms with Crippen LogP contribution in [-0.4, -0.2) is 19.3 Å². The van der Waals surface area contributed by atoms with Gasteiger partial charge in [0.2, 0.25) is 0 Å². The summed E-state index contributed by atoms with van der Waals surface area (Å²) in [6.07, 6.45) is 43.6. The Hall–Kier alpha value is -0.340. The second-order valence-corrected chi connectivity index (χ2v) is 11.7. The molecule has 0 aliphatic carbocycles. The molecule has 0 aromatic rings. The molecule has 0 heterocycles. The fourth-order valence-corrected chi connectivity index (χ4v) is 5.26. The molecule has 0 radical (unpaired) electrons. The number of nitrogens with two attached hydrogens (primary N) is 1. The lowest BCUT2D eigenvalue weighted by Gasteiger charge is -2.16. The summed E-state index contributed by atoms with van der Waals surface area (Å²) in [6.45, 7) is 6.17. The van der Waals surface area contributed by atoms with Crippen LogP contribution in [0.4, 0.5) is 0 Å². The zero-order chi connectivity index (χ0) is 26.9. The van der Waals surface area contributed by atoms with E-state index < -0.39 is 0 Å². The third-order valence-electron chi connectivity index (χ3n) is 7.90. The highest BCUT2D eigenvalue weighted by molar-refractivity contribution is 4.81. The van der Waals surface area contributed by atoms with Crippen molar-refractivity contribution in [3.05, 3.63) is 12.2 Å². The van der Waals surface area contributed by atoms with Crippen molar-refractivity contribution >= 4 is 0 Å². The van der Waals surface area contributed by atoms with Crippen LogP contribution in [0, 0.1) is 0 Å². The zero-order valence-electron chi connectivity index (χ0n) is 25.9. The average Bonchev–Trinajstić information content (AvgIpc) is 2.91. The second kappa shape index (κ2) is 33.7. The molecule has 0 aromatic heterocycles. The van der Waals surface area contributed by atoms with Gasteiger partial charge in [-0.15, -0.1) is 0 Å². The third kappa shape index (κ3) is 31.8. The summed E-state index contributed by atoms with van der Waals surface area (Å²) in [6, 6.07) is 0. The van der Waals surface area contributed by atoms with E-state index in [1.807, 2.05) is 0 Å². The van der Waals surface area contributed by atoms with E-state index in [0.29, 0.717) is 6.54 Å². The minimum absolute atomic E-state index is 0.288. The average molecular weight is 522 g/mol. The van der Waals surface area contributed by atoms with E-state index in [1.165, 1.54) is 173 Å². The van der Waals surface area contributed by atoms with E-state index in [-0.39, 0.29) is 6.10 Å². The molecule has 0 amide bonds. The van der Waals surface area contributed by atoms with Gasteiger partial charge in [-0.05, 0) is 38.5 Å². The van der Waals surface area contributed by atoms with Gasteiger partial charge in [0, 0.05) is 13.2 Å². The Morgan fingerprint density at radius 1 is 0.459 bits per heavy atom. The monoisotopic (exact) mass is 522 g/mol. The van der Waals surface area contributed by atoms with Gasteiger partial charge >= 0.3 is 0 Å². The minimum atomic E-state index is 0.288. The maximum Gasteiger partial charge on any atom is 0.0697 e. The highest BCUT2D eigenvalue weighted by Crippen LogP contribution is 2.15. The number of ether oxygens (including phenoxy) is 1. The van der Waals surface area contributed by atoms with Gasteiger partial charge in [-0.2, -0.15) is 0 Å². The van der Waals surface area contributed by atoms with Gasteiger partial charge in [0.05, 0.1) is 6.10 Å². The molecule has 1 atom stereocenters. The van der Waals surface area contributed by atoms with Gasteiger partial charge in [-0.25, -0.2) is 0 Å². The van der Waals surface area contributed by atoms with Crippen LogP contribution in [0.2, 0.25) is 0 Å². The van der Waals surface area contributed by atoms with E-state index in [9.17, 15) is 0 Å². The topological polar surface area (TPSA) is 35.2 Å². The Balaban J connectivity index is 3.30. The summed E-state index contributed by atoms with van der Waals surface area (Å²) in [5.74, 6) is 0. The number of unbranched alkanes of at least 4 members (excludes halogenated alkanes) is 24. The molecule has 1 unspecified atom stereocenters. The Morgan fingerprint density at radius 2 is 0.811 bits per heavy atom. The maximum absolute atomic E-state index is 6.08. The van der Waals surface area contributed by atoms with Gasteiger partial charge in [0.1, 0.15) is 0 Å². The van der Waals surface area contributed by atoms with E-state index in [2.05, 4.69) is 26.0 Å². The number of hydrogen-bond acceptors (Lipinski definition) is 2. The highest BCUT2D eigenvalue weighted by Gasteiger charge is 2.06. The molecule has 0 aliphatic rings. The lowest BCUT2D eigenvalue weighted by Crippen LogP contribution is -2.24. The molecular formula is C35H71NO. The number of allylic oxidation sites excluding steroid dienone is 2. The summed E-state index contributed by atoms with van der Waals surface area (Å²) >= 11 is 0. The first-order valence-electron chi connectivity index (χ1n) is 17.3. The van der Waals surface area contributed by atoms with Gasteiger partial charge < -0.3 is 10.5 Å². The van der Waals surface area contributed by atoms with Gasteiger partial charge in [-0.1, -0.05) is 167 Å². The van der Waals surface area contributed by atoms with E-state index in [0.717, 1.165) is 13.0 Å². The molecule has 2 nitrogen and oxygen atoms in total. The van der Waals surface area contributed by atoms with Crippen molar-refractivity contribution < 1.29 is 4.74 Å². The van der Waals surface area contributed by atoms with Crippen molar-refractivity contribution in [3.63, 3.8) is 0 Å². The lowest BCUT2D eigenvalue weighted by atomic mass is 10.0. The van der Waals surface area contributed by atoms with Crippen molar-refractivity contribution in [1.82, 2.24) is 0 Å². The predicted molar refractivity (Wildman–Crippen MR) is 169 cm³/mol. The van der Waals surface area contributed by atoms with Crippen molar-refractivity contribution in [1.29, 1.82) is 0 Å². The van der Waals surface area contributed by atoms with E-state index in [4.69, 9.17) is 10.5 Å². The Labute approximate surface area is 235 Å². The minimum Gasteiger partial charge on any atom is -0.377 e. The molecular weight excluding hydrogens is 450 g/mol. The van der Waals surface area contributed by atoms with Crippen molar-refractivity contribution in [2.24, 2.45) is 5.73 Å². The molecule has 0 bridgehead atoms. The van der Waals surface area contributed by atoms with Crippen LogP contribution in [0.15, 0.2) is 12.2 Å². The van der Waals surface area contributed by atoms with E-state index >= 15 is 0 Å². The lowest BCUT2D eigenvalue weighted by molar-refractivity contribution is 0.0489. The molecule has 2 heteroatoms. The van der Waals surface area contributed by atoms with Crippen LogP contribution in [0.25, 0.3) is 0 Å². The van der Waals surface area contributed by atoms with Crippen LogP contribution < -0.4 is 5.73 Å². The van der Waals surface area contributed by atoms with Crippen LogP contribution >= 0.6 is 0 Å². The summed E-state index contributed by atoms with van der Waals surface area (Å²) in [5.41, 5.74) is 5.96. The SMILES string of the molecule is CCCCCCCC/C=C\CCCCCCCCOC(CN)CCCCCCCCCCCCCCC. The number of hydrogen-bond donors (Lipinski definition) is 1. The standard InChI is InChI=1S/C35H71NO/c1-3-5-7-9-11-13-15-17-18-19-21-23-25-27-29-31-33-37-35(34-36)32-30-28-26-24-22-20-16-14-12-10-8-6-4-2/h17-18,35H,3-16,19-34,36H2,1-2H3/b18-17-. The van der Waals surface area contributed by atoms with Gasteiger partial charge in [-0.3, -0.25) is 0 Å². The first-order chi connectivity index (χ1) is 18.3. The summed E-state index contributed by atoms with van der Waals surface area (Å²) in [7, 11) is 0. The fourth-order valence-electron chi connectivity index (χ4n) is 5.26. The first-order valence-corrected chi connectivity index (χ1v) is 17.3. The molecule has 0 saturated heterocycles. The van der Waals surface area contributed by atoms with Crippen LogP contribution in [0.5, 0.6) is 0 Å². The first kappa shape index (κ1) is 36.7. The van der Waals surface area contributed by atoms with Gasteiger partial charge in [0.15, 0.2) is 0 Å². The zero-order valence-corrected chi connectivity index (χ0v) is 25.9. The van der Waals surface area contributed by atoms with E-state index in [1.54, 1.807) is 0 Å². The molecule has 0 rings (SSSR count). The molecule has 2 N–H and O–H groups in total. The van der Waals surface area contributed by atoms with Crippen molar-refractivity contribution in [2.45, 2.75) is 200 Å². The molecule has 222 valence electrons. The van der Waals surface area contributed by atoms with Crippen LogP contribution in [0.1, 0.15) is 194 Å². The predicted octanol–water partition coefficient (Wildman–Crippen LogP) is 11.8. The summed E-state index contributed by atoms with van der Waals surface area (Å²) < 4.78 is 6.08. The normalized spacial score (nSPS) is 12.6. The largest absolute Gasteiger partial charge is 0.377 e. The molecule has 0 aromatic carbocycles. The Bertz CT molecular complexity index is 421. The molecule has 0 aliphatic heterocycles. The van der Waals surface area contributed by atoms with Crippen molar-refractivity contribution in [3.8, 4) is 0 Å². The summed E-state index contributed by atoms with van der Waals surface area (Å²) in [5, 5.41) is 0. The maximum atomic E-state index is 6.08. The molecule has 0 fully saturated rings. The molecule has 0 saturated carbocycles. The quantitative estimate of drug-likeness (QED) is 0.0705. The van der Waals surface area contributed by atoms with Gasteiger partial charge in [0.25, 0.3) is 0 Å². The fraction of sp³-hybridized carbons (Fsp3) is 0.943. The smallest absolute Gasteiger partial charge is 0.0697 e. The highest BCUT2D eigenvalue weighted by atomic mass is 16.5. The molecule has 37 heavy (non-hydrogen) atoms. The Kier molecular flexibility index (Phi) is 33.4. The number of rotatable bonds is 32. The third-order valence-corrected chi connectivity index (χ3v) is 7.90.